The van der Waals surface area contributed by atoms with Crippen molar-refractivity contribution in [3.63, 3.8) is 0 Å². The molecule has 1 aromatic heterocycles. The van der Waals surface area contributed by atoms with Gasteiger partial charge in [-0.2, -0.15) is 0 Å². The average molecular weight is 498 g/mol. The summed E-state index contributed by atoms with van der Waals surface area (Å²) < 4.78 is 5.23. The fourth-order valence-electron chi connectivity index (χ4n) is 3.08. The number of carbonyl (C=O) groups is 2. The topological polar surface area (TPSA) is 71.0 Å². The van der Waals surface area contributed by atoms with Gasteiger partial charge in [0.1, 0.15) is 11.4 Å². The molecule has 2 aromatic carbocycles. The molecule has 4 rings (SSSR count). The SMILES string of the molecule is COc1ccc(N2C(=O)/C(=C\c3cccs3)N=C2SC(C)C(=O)Nc2ccccc2)cc1Cl. The Labute approximate surface area is 204 Å². The molecule has 9 heteroatoms. The number of methoxy groups -OCH3 is 1. The van der Waals surface area contributed by atoms with E-state index >= 15 is 0 Å². The van der Waals surface area contributed by atoms with Crippen molar-refractivity contribution in [1.29, 1.82) is 0 Å². The number of thioether (sulfide) groups is 1. The van der Waals surface area contributed by atoms with Crippen molar-refractivity contribution in [2.75, 3.05) is 17.3 Å². The van der Waals surface area contributed by atoms with Crippen LogP contribution in [0.4, 0.5) is 11.4 Å². The number of nitrogens with zero attached hydrogens (tertiary/aromatic N) is 2. The number of nitrogens with one attached hydrogen (secondary N) is 1. The van der Waals surface area contributed by atoms with Crippen LogP contribution in [0.5, 0.6) is 5.75 Å². The van der Waals surface area contributed by atoms with Gasteiger partial charge in [0.25, 0.3) is 5.91 Å². The average Bonchev–Trinajstić information content (AvgIpc) is 3.42. The molecule has 1 unspecified atom stereocenters. The molecular weight excluding hydrogens is 478 g/mol. The number of carbonyl (C=O) groups excluding carboxylic acids is 2. The molecular formula is C24H20ClN3O3S2. The lowest BCUT2D eigenvalue weighted by Crippen LogP contribution is -2.33. The van der Waals surface area contributed by atoms with Crippen LogP contribution in [0.1, 0.15) is 11.8 Å². The van der Waals surface area contributed by atoms with Gasteiger partial charge >= 0.3 is 0 Å². The molecule has 0 saturated carbocycles. The lowest BCUT2D eigenvalue weighted by molar-refractivity contribution is -0.115. The van der Waals surface area contributed by atoms with E-state index in [0.29, 0.717) is 33.0 Å². The molecule has 1 aliphatic heterocycles. The Kier molecular flexibility index (Phi) is 7.17. The van der Waals surface area contributed by atoms with Gasteiger partial charge in [-0.05, 0) is 54.8 Å². The molecule has 2 amide bonds. The standard InChI is InChI=1S/C24H20ClN3O3S2/c1-15(22(29)26-16-7-4-3-5-8-16)33-24-27-20(14-18-9-6-12-32-18)23(30)28(24)17-10-11-21(31-2)19(25)13-17/h3-15H,1-2H3,(H,26,29)/b20-14+. The molecule has 0 fully saturated rings. The molecule has 0 saturated heterocycles. The van der Waals surface area contributed by atoms with E-state index in [4.69, 9.17) is 16.3 Å². The Bertz CT molecular complexity index is 1230. The van der Waals surface area contributed by atoms with Crippen molar-refractivity contribution >= 4 is 69.1 Å². The number of ether oxygens (including phenoxy) is 1. The van der Waals surface area contributed by atoms with Crippen LogP contribution in [0.25, 0.3) is 6.08 Å². The maximum absolute atomic E-state index is 13.3. The number of halogens is 1. The van der Waals surface area contributed by atoms with Gasteiger partial charge in [0, 0.05) is 10.6 Å². The first-order valence-electron chi connectivity index (χ1n) is 10.0. The second kappa shape index (κ2) is 10.2. The molecule has 0 aliphatic carbocycles. The first kappa shape index (κ1) is 23.1. The van der Waals surface area contributed by atoms with Gasteiger partial charge in [0.2, 0.25) is 5.91 Å². The number of hydrogen-bond donors (Lipinski definition) is 1. The zero-order chi connectivity index (χ0) is 23.4. The summed E-state index contributed by atoms with van der Waals surface area (Å²) in [5, 5.41) is 5.09. The number of amides is 2. The quantitative estimate of drug-likeness (QED) is 0.429. The smallest absolute Gasteiger partial charge is 0.283 e. The van der Waals surface area contributed by atoms with E-state index < -0.39 is 5.25 Å². The highest BCUT2D eigenvalue weighted by Crippen LogP contribution is 2.35. The molecule has 168 valence electrons. The summed E-state index contributed by atoms with van der Waals surface area (Å²) >= 11 is 9.03. The summed E-state index contributed by atoms with van der Waals surface area (Å²) in [5.41, 5.74) is 1.54. The molecule has 1 aliphatic rings. The van der Waals surface area contributed by atoms with E-state index in [-0.39, 0.29) is 11.8 Å². The largest absolute Gasteiger partial charge is 0.495 e. The monoisotopic (exact) mass is 497 g/mol. The van der Waals surface area contributed by atoms with Crippen LogP contribution < -0.4 is 15.0 Å². The van der Waals surface area contributed by atoms with Gasteiger partial charge < -0.3 is 10.1 Å². The molecule has 0 spiro atoms. The van der Waals surface area contributed by atoms with Crippen LogP contribution in [0, 0.1) is 0 Å². The third-order valence-corrected chi connectivity index (χ3v) is 6.91. The second-order valence-corrected chi connectivity index (χ2v) is 9.71. The Morgan fingerprint density at radius 1 is 1.21 bits per heavy atom. The third-order valence-electron chi connectivity index (χ3n) is 4.74. The van der Waals surface area contributed by atoms with Gasteiger partial charge in [-0.15, -0.1) is 11.3 Å². The van der Waals surface area contributed by atoms with Crippen LogP contribution in [0.15, 0.2) is 76.7 Å². The summed E-state index contributed by atoms with van der Waals surface area (Å²) in [6, 6.07) is 18.1. The normalized spacial score (nSPS) is 15.5. The minimum absolute atomic E-state index is 0.190. The number of thiophene rings is 1. The highest BCUT2D eigenvalue weighted by atomic mass is 35.5. The predicted octanol–water partition coefficient (Wildman–Crippen LogP) is 5.91. The van der Waals surface area contributed by atoms with E-state index in [1.165, 1.54) is 35.1 Å². The Morgan fingerprint density at radius 3 is 2.67 bits per heavy atom. The first-order chi connectivity index (χ1) is 16.0. The number of benzene rings is 2. The van der Waals surface area contributed by atoms with Crippen LogP contribution >= 0.6 is 34.7 Å². The number of para-hydroxylation sites is 1. The number of anilines is 2. The zero-order valence-electron chi connectivity index (χ0n) is 17.8. The summed E-state index contributed by atoms with van der Waals surface area (Å²) in [6.45, 7) is 1.77. The molecule has 33 heavy (non-hydrogen) atoms. The van der Waals surface area contributed by atoms with E-state index in [0.717, 1.165) is 4.88 Å². The van der Waals surface area contributed by atoms with Crippen molar-refractivity contribution in [1.82, 2.24) is 0 Å². The second-order valence-electron chi connectivity index (χ2n) is 7.01. The highest BCUT2D eigenvalue weighted by molar-refractivity contribution is 8.15. The maximum atomic E-state index is 13.3. The van der Waals surface area contributed by atoms with Gasteiger partial charge in [0.15, 0.2) is 5.17 Å². The number of aliphatic imine (C=N–C) groups is 1. The summed E-state index contributed by atoms with van der Waals surface area (Å²) in [6.07, 6.45) is 1.74. The molecule has 1 N–H and O–H groups in total. The van der Waals surface area contributed by atoms with Gasteiger partial charge in [-0.25, -0.2) is 4.99 Å². The summed E-state index contributed by atoms with van der Waals surface area (Å²) in [5.74, 6) is 0.0238. The van der Waals surface area contributed by atoms with Crippen LogP contribution in [-0.2, 0) is 9.59 Å². The van der Waals surface area contributed by atoms with Gasteiger partial charge in [0.05, 0.1) is 23.1 Å². The minimum Gasteiger partial charge on any atom is -0.495 e. The van der Waals surface area contributed by atoms with Crippen molar-refractivity contribution in [2.24, 2.45) is 4.99 Å². The van der Waals surface area contributed by atoms with Crippen molar-refractivity contribution in [3.8, 4) is 5.75 Å². The molecule has 0 radical (unpaired) electrons. The van der Waals surface area contributed by atoms with Crippen molar-refractivity contribution in [2.45, 2.75) is 12.2 Å². The lowest BCUT2D eigenvalue weighted by atomic mass is 10.2. The van der Waals surface area contributed by atoms with Crippen molar-refractivity contribution < 1.29 is 14.3 Å². The summed E-state index contributed by atoms with van der Waals surface area (Å²) in [4.78, 5) is 33.0. The molecule has 2 heterocycles. The first-order valence-corrected chi connectivity index (χ1v) is 12.1. The predicted molar refractivity (Wildman–Crippen MR) is 137 cm³/mol. The van der Waals surface area contributed by atoms with Crippen LogP contribution in [-0.4, -0.2) is 29.3 Å². The van der Waals surface area contributed by atoms with E-state index in [9.17, 15) is 9.59 Å². The van der Waals surface area contributed by atoms with Crippen LogP contribution in [0.3, 0.4) is 0 Å². The Morgan fingerprint density at radius 2 is 2.00 bits per heavy atom. The minimum atomic E-state index is -0.505. The van der Waals surface area contributed by atoms with Crippen LogP contribution in [0.2, 0.25) is 5.02 Å². The van der Waals surface area contributed by atoms with E-state index in [2.05, 4.69) is 10.3 Å². The fourth-order valence-corrected chi connectivity index (χ4v) is 4.91. The Balaban J connectivity index is 1.63. The van der Waals surface area contributed by atoms with Crippen molar-refractivity contribution in [3.05, 3.63) is 81.6 Å². The molecule has 6 nitrogen and oxygen atoms in total. The Hall–Kier alpha value is -3.07. The van der Waals surface area contributed by atoms with Gasteiger partial charge in [-0.3, -0.25) is 14.5 Å². The van der Waals surface area contributed by atoms with E-state index in [1.807, 2.05) is 47.8 Å². The number of amidine groups is 1. The fraction of sp³-hybridized carbons (Fsp3) is 0.125. The van der Waals surface area contributed by atoms with Gasteiger partial charge in [-0.1, -0.05) is 47.6 Å². The number of hydrogen-bond acceptors (Lipinski definition) is 6. The zero-order valence-corrected chi connectivity index (χ0v) is 20.2. The maximum Gasteiger partial charge on any atom is 0.283 e. The molecule has 3 aromatic rings. The summed E-state index contributed by atoms with van der Waals surface area (Å²) in [7, 11) is 1.53. The lowest BCUT2D eigenvalue weighted by Gasteiger charge is -2.20. The third kappa shape index (κ3) is 5.30. The molecule has 0 bridgehead atoms. The molecule has 1 atom stereocenters. The highest BCUT2D eigenvalue weighted by Gasteiger charge is 2.34. The number of rotatable bonds is 6. The van der Waals surface area contributed by atoms with E-state index in [1.54, 1.807) is 31.2 Å².